The summed E-state index contributed by atoms with van der Waals surface area (Å²) in [6, 6.07) is 0. The molecule has 0 saturated heterocycles. The summed E-state index contributed by atoms with van der Waals surface area (Å²) in [5, 5.41) is 38.2. The van der Waals surface area contributed by atoms with Gasteiger partial charge >= 0.3 is 0 Å². The summed E-state index contributed by atoms with van der Waals surface area (Å²) in [6.07, 6.45) is -8.10. The number of hydrogen-bond acceptors (Lipinski definition) is 10. The minimum Gasteiger partial charge on any atom is -0.391 e. The Balaban J connectivity index is 4.76. The van der Waals surface area contributed by atoms with E-state index in [4.69, 9.17) is 30.4 Å². The molecule has 0 aliphatic carbocycles. The molecule has 0 aliphatic rings. The van der Waals surface area contributed by atoms with Crippen LogP contribution in [0.15, 0.2) is 0 Å². The maximum absolute atomic E-state index is 9.75. The zero-order chi connectivity index (χ0) is 18.9. The first-order valence-electron chi connectivity index (χ1n) is 7.82. The fourth-order valence-corrected chi connectivity index (χ4v) is 1.87. The van der Waals surface area contributed by atoms with Crippen LogP contribution in [0.5, 0.6) is 0 Å². The molecule has 0 radical (unpaired) electrons. The monoisotopic (exact) mass is 356 g/mol. The van der Waals surface area contributed by atoms with Crippen LogP contribution < -0.4 is 11.5 Å². The summed E-state index contributed by atoms with van der Waals surface area (Å²) in [7, 11) is 1.28. The highest BCUT2D eigenvalue weighted by atomic mass is 16.7. The maximum Gasteiger partial charge on any atom is 0.197 e. The standard InChI is InChI=1S/C14H32N2O8/c1-5-9(7(2)17)23-14(12(16)20)22-6-10(8(3)18)24-13(21-4)11(15)19/h7-14,17-20H,5-6,15-16H2,1-4H3. The first-order chi connectivity index (χ1) is 11.1. The Morgan fingerprint density at radius 2 is 1.29 bits per heavy atom. The van der Waals surface area contributed by atoms with Crippen LogP contribution in [0.1, 0.15) is 27.2 Å². The van der Waals surface area contributed by atoms with E-state index < -0.39 is 49.5 Å². The Bertz CT molecular complexity index is 287. The topological polar surface area (TPSA) is 170 Å². The van der Waals surface area contributed by atoms with Gasteiger partial charge in [0.15, 0.2) is 25.0 Å². The molecule has 10 nitrogen and oxygen atoms in total. The molecule has 0 saturated carbocycles. The van der Waals surface area contributed by atoms with Crippen LogP contribution in [0.2, 0.25) is 0 Å². The van der Waals surface area contributed by atoms with Crippen LogP contribution >= 0.6 is 0 Å². The van der Waals surface area contributed by atoms with Gasteiger partial charge < -0.3 is 50.8 Å². The van der Waals surface area contributed by atoms with Crippen LogP contribution in [-0.4, -0.2) is 83.6 Å². The minimum atomic E-state index is -1.47. The van der Waals surface area contributed by atoms with Crippen LogP contribution in [0, 0.1) is 0 Å². The highest BCUT2D eigenvalue weighted by Gasteiger charge is 2.29. The fraction of sp³-hybridized carbons (Fsp3) is 1.00. The lowest BCUT2D eigenvalue weighted by molar-refractivity contribution is -0.265. The van der Waals surface area contributed by atoms with Crippen molar-refractivity contribution in [3.63, 3.8) is 0 Å². The van der Waals surface area contributed by atoms with Gasteiger partial charge in [-0.05, 0) is 20.3 Å². The number of aliphatic hydroxyl groups is 4. The molecule has 0 fully saturated rings. The molecule has 8 unspecified atom stereocenters. The Hall–Kier alpha value is -0.400. The van der Waals surface area contributed by atoms with Crippen molar-refractivity contribution in [2.45, 2.75) is 76.6 Å². The van der Waals surface area contributed by atoms with Crippen molar-refractivity contribution in [3.8, 4) is 0 Å². The van der Waals surface area contributed by atoms with Crippen LogP contribution in [0.25, 0.3) is 0 Å². The molecule has 146 valence electrons. The Morgan fingerprint density at radius 1 is 0.833 bits per heavy atom. The van der Waals surface area contributed by atoms with Crippen LogP contribution in [0.3, 0.4) is 0 Å². The van der Waals surface area contributed by atoms with Gasteiger partial charge in [-0.1, -0.05) is 6.92 Å². The molecule has 24 heavy (non-hydrogen) atoms. The molecule has 10 heteroatoms. The van der Waals surface area contributed by atoms with Crippen molar-refractivity contribution in [1.29, 1.82) is 0 Å². The van der Waals surface area contributed by atoms with Crippen molar-refractivity contribution >= 4 is 0 Å². The SMILES string of the molecule is CCC(OC(OCC(OC(OC)C(N)O)C(C)O)C(N)O)C(C)O. The van der Waals surface area contributed by atoms with E-state index in [-0.39, 0.29) is 6.61 Å². The minimum absolute atomic E-state index is 0.223. The molecular weight excluding hydrogens is 324 g/mol. The van der Waals surface area contributed by atoms with E-state index in [1.807, 2.05) is 0 Å². The summed E-state index contributed by atoms with van der Waals surface area (Å²) < 4.78 is 21.0. The van der Waals surface area contributed by atoms with Gasteiger partial charge in [0.1, 0.15) is 6.10 Å². The van der Waals surface area contributed by atoms with E-state index in [1.54, 1.807) is 13.8 Å². The third-order valence-electron chi connectivity index (χ3n) is 3.31. The second kappa shape index (κ2) is 12.0. The number of nitrogens with two attached hydrogens (primary N) is 2. The summed E-state index contributed by atoms with van der Waals surface area (Å²) in [5.74, 6) is 0. The van der Waals surface area contributed by atoms with Crippen LogP contribution in [-0.2, 0) is 18.9 Å². The Labute approximate surface area is 142 Å². The van der Waals surface area contributed by atoms with Gasteiger partial charge in [0.05, 0.1) is 24.9 Å². The smallest absolute Gasteiger partial charge is 0.197 e. The second-order valence-corrected chi connectivity index (χ2v) is 5.53. The third kappa shape index (κ3) is 8.62. The Morgan fingerprint density at radius 3 is 1.62 bits per heavy atom. The third-order valence-corrected chi connectivity index (χ3v) is 3.31. The van der Waals surface area contributed by atoms with E-state index >= 15 is 0 Å². The molecule has 0 heterocycles. The summed E-state index contributed by atoms with van der Waals surface area (Å²) >= 11 is 0. The predicted octanol–water partition coefficient (Wildman–Crippen LogP) is -2.20. The lowest BCUT2D eigenvalue weighted by Crippen LogP contribution is -2.47. The average Bonchev–Trinajstić information content (AvgIpc) is 2.48. The van der Waals surface area contributed by atoms with Gasteiger partial charge in [-0.2, -0.15) is 0 Å². The number of aliphatic hydroxyl groups excluding tert-OH is 4. The molecule has 0 aromatic heterocycles. The van der Waals surface area contributed by atoms with E-state index in [0.29, 0.717) is 6.42 Å². The van der Waals surface area contributed by atoms with Crippen LogP contribution in [0.4, 0.5) is 0 Å². The van der Waals surface area contributed by atoms with E-state index in [2.05, 4.69) is 0 Å². The molecule has 8 atom stereocenters. The summed E-state index contributed by atoms with van der Waals surface area (Å²) in [5.41, 5.74) is 10.7. The summed E-state index contributed by atoms with van der Waals surface area (Å²) in [6.45, 7) is 4.56. The zero-order valence-corrected chi connectivity index (χ0v) is 14.6. The molecule has 8 N–H and O–H groups in total. The normalized spacial score (nSPS) is 22.2. The van der Waals surface area contributed by atoms with E-state index in [0.717, 1.165) is 0 Å². The maximum atomic E-state index is 9.75. The van der Waals surface area contributed by atoms with Gasteiger partial charge in [-0.15, -0.1) is 0 Å². The highest BCUT2D eigenvalue weighted by Crippen LogP contribution is 2.13. The molecule has 0 spiro atoms. The molecule has 0 aromatic carbocycles. The molecular formula is C14H32N2O8. The van der Waals surface area contributed by atoms with Crippen molar-refractivity contribution < 1.29 is 39.4 Å². The molecule has 0 aliphatic heterocycles. The molecule has 0 bridgehead atoms. The van der Waals surface area contributed by atoms with E-state index in [1.165, 1.54) is 14.0 Å². The largest absolute Gasteiger partial charge is 0.391 e. The fourth-order valence-electron chi connectivity index (χ4n) is 1.87. The second-order valence-electron chi connectivity index (χ2n) is 5.53. The summed E-state index contributed by atoms with van der Waals surface area (Å²) in [4.78, 5) is 0. The zero-order valence-electron chi connectivity index (χ0n) is 14.6. The predicted molar refractivity (Wildman–Crippen MR) is 84.3 cm³/mol. The first kappa shape index (κ1) is 23.6. The van der Waals surface area contributed by atoms with Gasteiger partial charge in [-0.25, -0.2) is 0 Å². The van der Waals surface area contributed by atoms with Crippen molar-refractivity contribution in [2.24, 2.45) is 11.5 Å². The number of ether oxygens (including phenoxy) is 4. The molecule has 0 aromatic rings. The van der Waals surface area contributed by atoms with Gasteiger partial charge in [0.2, 0.25) is 0 Å². The van der Waals surface area contributed by atoms with Gasteiger partial charge in [0.25, 0.3) is 0 Å². The van der Waals surface area contributed by atoms with Crippen molar-refractivity contribution in [1.82, 2.24) is 0 Å². The quantitative estimate of drug-likeness (QED) is 0.199. The van der Waals surface area contributed by atoms with Crippen molar-refractivity contribution in [2.75, 3.05) is 13.7 Å². The highest BCUT2D eigenvalue weighted by molar-refractivity contribution is 4.69. The number of hydrogen-bond donors (Lipinski definition) is 6. The number of rotatable bonds is 13. The lowest BCUT2D eigenvalue weighted by Gasteiger charge is -2.31. The van der Waals surface area contributed by atoms with Crippen molar-refractivity contribution in [3.05, 3.63) is 0 Å². The molecule has 0 amide bonds. The average molecular weight is 356 g/mol. The number of methoxy groups -OCH3 is 1. The molecule has 0 rings (SSSR count). The van der Waals surface area contributed by atoms with E-state index in [9.17, 15) is 20.4 Å². The lowest BCUT2D eigenvalue weighted by atomic mass is 10.2. The first-order valence-corrected chi connectivity index (χ1v) is 7.82. The Kier molecular flexibility index (Phi) is 11.8. The van der Waals surface area contributed by atoms with Gasteiger partial charge in [-0.3, -0.25) is 0 Å². The van der Waals surface area contributed by atoms with Gasteiger partial charge in [0, 0.05) is 7.11 Å².